The lowest BCUT2D eigenvalue weighted by molar-refractivity contribution is -0.116. The van der Waals surface area contributed by atoms with E-state index in [0.29, 0.717) is 31.5 Å². The third-order valence-corrected chi connectivity index (χ3v) is 3.29. The first-order valence-corrected chi connectivity index (χ1v) is 6.48. The second kappa shape index (κ2) is 5.84. The van der Waals surface area contributed by atoms with Gasteiger partial charge in [-0.15, -0.1) is 0 Å². The van der Waals surface area contributed by atoms with Gasteiger partial charge in [-0.05, 0) is 37.1 Å². The van der Waals surface area contributed by atoms with Gasteiger partial charge in [-0.25, -0.2) is 0 Å². The number of likely N-dealkylation sites (N-methyl/N-ethyl adjacent to an activating group) is 1. The van der Waals surface area contributed by atoms with Crippen LogP contribution >= 0.6 is 0 Å². The highest BCUT2D eigenvalue weighted by atomic mass is 16.3. The molecule has 0 aromatic heterocycles. The average molecular weight is 262 g/mol. The highest BCUT2D eigenvalue weighted by Crippen LogP contribution is 2.24. The minimum absolute atomic E-state index is 0.0158. The van der Waals surface area contributed by atoms with Crippen LogP contribution in [0.2, 0.25) is 0 Å². The Morgan fingerprint density at radius 1 is 1.42 bits per heavy atom. The van der Waals surface area contributed by atoms with Crippen LogP contribution in [0.15, 0.2) is 18.2 Å². The van der Waals surface area contributed by atoms with Crippen LogP contribution in [-0.2, 0) is 11.2 Å². The third kappa shape index (κ3) is 2.93. The summed E-state index contributed by atoms with van der Waals surface area (Å²) in [6, 6.07) is 5.32. The molecule has 1 aromatic rings. The van der Waals surface area contributed by atoms with Gasteiger partial charge in [0.05, 0.1) is 6.61 Å². The van der Waals surface area contributed by atoms with E-state index in [-0.39, 0.29) is 18.4 Å². The molecule has 2 rings (SSSR count). The molecule has 0 aliphatic carbocycles. The molecule has 0 saturated heterocycles. The van der Waals surface area contributed by atoms with Crippen LogP contribution in [0, 0.1) is 0 Å². The second-order valence-corrected chi connectivity index (χ2v) is 4.53. The van der Waals surface area contributed by atoms with Crippen molar-refractivity contribution in [2.75, 3.05) is 25.0 Å². The lowest BCUT2D eigenvalue weighted by Gasteiger charge is -2.22. The predicted octanol–water partition coefficient (Wildman–Crippen LogP) is 1.03. The Bertz CT molecular complexity index is 499. The van der Waals surface area contributed by atoms with E-state index in [9.17, 15) is 9.59 Å². The number of carbonyl (C=O) groups excluding carboxylic acids is 2. The number of nitrogens with one attached hydrogen (secondary N) is 1. The molecule has 0 radical (unpaired) electrons. The molecule has 5 nitrogen and oxygen atoms in total. The molecule has 0 fully saturated rings. The highest BCUT2D eigenvalue weighted by molar-refractivity contribution is 5.97. The normalized spacial score (nSPS) is 13.7. The first kappa shape index (κ1) is 13.5. The summed E-state index contributed by atoms with van der Waals surface area (Å²) in [4.78, 5) is 25.1. The summed E-state index contributed by atoms with van der Waals surface area (Å²) < 4.78 is 0. The van der Waals surface area contributed by atoms with Gasteiger partial charge in [0.1, 0.15) is 0 Å². The van der Waals surface area contributed by atoms with E-state index >= 15 is 0 Å². The van der Waals surface area contributed by atoms with E-state index in [1.165, 1.54) is 0 Å². The quantitative estimate of drug-likeness (QED) is 0.851. The summed E-state index contributed by atoms with van der Waals surface area (Å²) >= 11 is 0. The van der Waals surface area contributed by atoms with Gasteiger partial charge in [-0.3, -0.25) is 9.59 Å². The number of rotatable bonds is 4. The van der Waals surface area contributed by atoms with Crippen LogP contribution in [0.4, 0.5) is 5.69 Å². The van der Waals surface area contributed by atoms with Gasteiger partial charge in [-0.2, -0.15) is 0 Å². The summed E-state index contributed by atoms with van der Waals surface area (Å²) in [5, 5.41) is 11.7. The van der Waals surface area contributed by atoms with E-state index in [2.05, 4.69) is 5.32 Å². The number of carbonyl (C=O) groups is 2. The van der Waals surface area contributed by atoms with Gasteiger partial charge in [0, 0.05) is 30.8 Å². The average Bonchev–Trinajstić information content (AvgIpc) is 2.43. The summed E-state index contributed by atoms with van der Waals surface area (Å²) in [6.45, 7) is 2.74. The molecule has 0 atom stereocenters. The standard InChI is InChI=1S/C14H18N2O3/c1-2-16(7-8-17)14(19)11-3-5-12-10(9-11)4-6-13(18)15-12/h3,5,9,17H,2,4,6-8H2,1H3,(H,15,18). The molecular weight excluding hydrogens is 244 g/mol. The molecule has 0 spiro atoms. The van der Waals surface area contributed by atoms with Crippen molar-refractivity contribution in [1.29, 1.82) is 0 Å². The minimum Gasteiger partial charge on any atom is -0.395 e. The Labute approximate surface area is 112 Å². The van der Waals surface area contributed by atoms with Crippen molar-refractivity contribution in [3.05, 3.63) is 29.3 Å². The number of anilines is 1. The number of fused-ring (bicyclic) bond motifs is 1. The predicted molar refractivity (Wildman–Crippen MR) is 72.1 cm³/mol. The van der Waals surface area contributed by atoms with Gasteiger partial charge in [0.15, 0.2) is 0 Å². The molecule has 5 heteroatoms. The zero-order valence-corrected chi connectivity index (χ0v) is 11.0. The van der Waals surface area contributed by atoms with Crippen molar-refractivity contribution in [2.45, 2.75) is 19.8 Å². The zero-order chi connectivity index (χ0) is 13.8. The number of hydrogen-bond acceptors (Lipinski definition) is 3. The topological polar surface area (TPSA) is 69.6 Å². The van der Waals surface area contributed by atoms with Crippen molar-refractivity contribution in [3.63, 3.8) is 0 Å². The van der Waals surface area contributed by atoms with E-state index in [4.69, 9.17) is 5.11 Å². The third-order valence-electron chi connectivity index (χ3n) is 3.29. The highest BCUT2D eigenvalue weighted by Gasteiger charge is 2.18. The van der Waals surface area contributed by atoms with Crippen LogP contribution in [0.1, 0.15) is 29.3 Å². The van der Waals surface area contributed by atoms with E-state index in [1.54, 1.807) is 17.0 Å². The maximum atomic E-state index is 12.2. The minimum atomic E-state index is -0.0868. The summed E-state index contributed by atoms with van der Waals surface area (Å²) in [5.41, 5.74) is 2.38. The number of aliphatic hydroxyl groups is 1. The van der Waals surface area contributed by atoms with Gasteiger partial charge in [0.2, 0.25) is 5.91 Å². The molecule has 1 aliphatic heterocycles. The van der Waals surface area contributed by atoms with Crippen molar-refractivity contribution in [2.24, 2.45) is 0 Å². The van der Waals surface area contributed by atoms with Crippen LogP contribution in [-0.4, -0.2) is 41.5 Å². The van der Waals surface area contributed by atoms with Crippen LogP contribution in [0.3, 0.4) is 0 Å². The Hall–Kier alpha value is -1.88. The van der Waals surface area contributed by atoms with Crippen molar-refractivity contribution in [1.82, 2.24) is 4.90 Å². The first-order valence-electron chi connectivity index (χ1n) is 6.48. The number of aliphatic hydroxyl groups excluding tert-OH is 1. The largest absolute Gasteiger partial charge is 0.395 e. The fourth-order valence-electron chi connectivity index (χ4n) is 2.22. The van der Waals surface area contributed by atoms with Crippen molar-refractivity contribution >= 4 is 17.5 Å². The Balaban J connectivity index is 2.22. The molecule has 0 unspecified atom stereocenters. The molecule has 2 N–H and O–H groups in total. The van der Waals surface area contributed by atoms with E-state index < -0.39 is 0 Å². The van der Waals surface area contributed by atoms with E-state index in [1.807, 2.05) is 13.0 Å². The molecule has 0 saturated carbocycles. The number of benzene rings is 1. The Morgan fingerprint density at radius 2 is 2.21 bits per heavy atom. The lowest BCUT2D eigenvalue weighted by Crippen LogP contribution is -2.33. The lowest BCUT2D eigenvalue weighted by atomic mass is 10.00. The van der Waals surface area contributed by atoms with Crippen LogP contribution in [0.5, 0.6) is 0 Å². The van der Waals surface area contributed by atoms with Gasteiger partial charge in [-0.1, -0.05) is 0 Å². The van der Waals surface area contributed by atoms with Crippen molar-refractivity contribution in [3.8, 4) is 0 Å². The molecule has 2 amide bonds. The summed E-state index contributed by atoms with van der Waals surface area (Å²) in [7, 11) is 0. The number of aryl methyl sites for hydroxylation is 1. The maximum absolute atomic E-state index is 12.2. The monoisotopic (exact) mass is 262 g/mol. The van der Waals surface area contributed by atoms with Crippen molar-refractivity contribution < 1.29 is 14.7 Å². The van der Waals surface area contributed by atoms with Crippen LogP contribution in [0.25, 0.3) is 0 Å². The molecule has 1 aromatic carbocycles. The smallest absolute Gasteiger partial charge is 0.253 e. The zero-order valence-electron chi connectivity index (χ0n) is 11.0. The second-order valence-electron chi connectivity index (χ2n) is 4.53. The summed E-state index contributed by atoms with van der Waals surface area (Å²) in [5.74, 6) is -0.0710. The molecule has 102 valence electrons. The van der Waals surface area contributed by atoms with E-state index in [0.717, 1.165) is 11.3 Å². The molecule has 19 heavy (non-hydrogen) atoms. The number of hydrogen-bond donors (Lipinski definition) is 2. The van der Waals surface area contributed by atoms with Gasteiger partial charge < -0.3 is 15.3 Å². The molecule has 1 heterocycles. The molecule has 0 bridgehead atoms. The molecule has 1 aliphatic rings. The molecular formula is C14H18N2O3. The Morgan fingerprint density at radius 3 is 2.89 bits per heavy atom. The maximum Gasteiger partial charge on any atom is 0.253 e. The van der Waals surface area contributed by atoms with Crippen LogP contribution < -0.4 is 5.32 Å². The Kier molecular flexibility index (Phi) is 4.16. The SMILES string of the molecule is CCN(CCO)C(=O)c1ccc2c(c1)CCC(=O)N2. The number of amides is 2. The van der Waals surface area contributed by atoms with Gasteiger partial charge in [0.25, 0.3) is 5.91 Å². The summed E-state index contributed by atoms with van der Waals surface area (Å²) in [6.07, 6.45) is 1.12. The first-order chi connectivity index (χ1) is 9.15. The fraction of sp³-hybridized carbons (Fsp3) is 0.429. The fourth-order valence-corrected chi connectivity index (χ4v) is 2.22. The van der Waals surface area contributed by atoms with Gasteiger partial charge >= 0.3 is 0 Å². The number of nitrogens with zero attached hydrogens (tertiary/aromatic N) is 1.